The molecule has 6 nitrogen and oxygen atoms in total. The molecule has 7 heteroatoms. The maximum atomic E-state index is 12.4. The van der Waals surface area contributed by atoms with Gasteiger partial charge in [-0.15, -0.1) is 11.3 Å². The van der Waals surface area contributed by atoms with Crippen LogP contribution in [0, 0.1) is 0 Å². The van der Waals surface area contributed by atoms with Crippen molar-refractivity contribution in [2.75, 3.05) is 0 Å². The first-order chi connectivity index (χ1) is 12.0. The first-order valence-electron chi connectivity index (χ1n) is 7.68. The van der Waals surface area contributed by atoms with E-state index < -0.39 is 23.5 Å². The van der Waals surface area contributed by atoms with E-state index in [2.05, 4.69) is 10.3 Å². The van der Waals surface area contributed by atoms with Gasteiger partial charge in [0.25, 0.3) is 5.91 Å². The Morgan fingerprint density at radius 1 is 1.24 bits per heavy atom. The third kappa shape index (κ3) is 3.95. The van der Waals surface area contributed by atoms with Crippen molar-refractivity contribution in [1.29, 1.82) is 0 Å². The molecular formula is C18H16N2O4S. The predicted octanol–water partition coefficient (Wildman–Crippen LogP) is 2.45. The summed E-state index contributed by atoms with van der Waals surface area (Å²) in [7, 11) is 0. The fourth-order valence-electron chi connectivity index (χ4n) is 2.38. The summed E-state index contributed by atoms with van der Waals surface area (Å²) in [6.07, 6.45) is -0.967. The van der Waals surface area contributed by atoms with Gasteiger partial charge < -0.3 is 15.0 Å². The van der Waals surface area contributed by atoms with Crippen LogP contribution in [0.15, 0.2) is 52.6 Å². The molecule has 2 N–H and O–H groups in total. The van der Waals surface area contributed by atoms with Crippen LogP contribution in [0.4, 0.5) is 0 Å². The number of benzene rings is 1. The summed E-state index contributed by atoms with van der Waals surface area (Å²) < 4.78 is 5.23. The zero-order valence-electron chi connectivity index (χ0n) is 13.4. The number of carbonyl (C=O) groups excluding carboxylic acids is 2. The van der Waals surface area contributed by atoms with E-state index in [1.807, 2.05) is 17.5 Å². The number of carbonyl (C=O) groups is 2. The second kappa shape index (κ2) is 7.31. The lowest BCUT2D eigenvalue weighted by atomic mass is 10.1. The highest BCUT2D eigenvalue weighted by molar-refractivity contribution is 7.09. The van der Waals surface area contributed by atoms with Crippen LogP contribution in [0.25, 0.3) is 10.9 Å². The first-order valence-corrected chi connectivity index (χ1v) is 8.55. The minimum Gasteiger partial charge on any atom is -0.449 e. The Labute approximate surface area is 147 Å². The van der Waals surface area contributed by atoms with E-state index in [1.54, 1.807) is 24.3 Å². The summed E-state index contributed by atoms with van der Waals surface area (Å²) in [5.74, 6) is -1.10. The van der Waals surface area contributed by atoms with Crippen molar-refractivity contribution in [3.8, 4) is 0 Å². The molecule has 0 fully saturated rings. The number of ether oxygens (including phenoxy) is 1. The summed E-state index contributed by atoms with van der Waals surface area (Å²) in [6, 6.07) is 11.9. The van der Waals surface area contributed by atoms with Gasteiger partial charge in [-0.1, -0.05) is 24.3 Å². The molecule has 1 aromatic carbocycles. The van der Waals surface area contributed by atoms with E-state index in [9.17, 15) is 14.4 Å². The Bertz CT molecular complexity index is 963. The van der Waals surface area contributed by atoms with Gasteiger partial charge in [0.1, 0.15) is 0 Å². The van der Waals surface area contributed by atoms with Gasteiger partial charge in [0.15, 0.2) is 6.10 Å². The van der Waals surface area contributed by atoms with Gasteiger partial charge in [-0.05, 0) is 24.4 Å². The number of rotatable bonds is 5. The van der Waals surface area contributed by atoms with E-state index in [-0.39, 0.29) is 5.56 Å². The molecule has 0 radical (unpaired) electrons. The molecule has 1 atom stereocenters. The molecule has 0 saturated carbocycles. The molecule has 0 spiro atoms. The third-order valence-electron chi connectivity index (χ3n) is 3.64. The number of fused-ring (bicyclic) bond motifs is 1. The quantitative estimate of drug-likeness (QED) is 0.687. The van der Waals surface area contributed by atoms with Crippen molar-refractivity contribution in [2.45, 2.75) is 19.6 Å². The number of hydrogen-bond acceptors (Lipinski definition) is 5. The molecule has 1 amide bonds. The number of thiophene rings is 1. The van der Waals surface area contributed by atoms with Gasteiger partial charge in [0.2, 0.25) is 5.56 Å². The molecular weight excluding hydrogens is 340 g/mol. The number of nitrogens with one attached hydrogen (secondary N) is 2. The average Bonchev–Trinajstić information content (AvgIpc) is 3.12. The van der Waals surface area contributed by atoms with Gasteiger partial charge in [-0.3, -0.25) is 9.59 Å². The van der Waals surface area contributed by atoms with E-state index >= 15 is 0 Å². The number of pyridine rings is 1. The van der Waals surface area contributed by atoms with Crippen molar-refractivity contribution in [1.82, 2.24) is 10.3 Å². The number of H-pyrrole nitrogens is 1. The van der Waals surface area contributed by atoms with Crippen LogP contribution >= 0.6 is 11.3 Å². The minimum absolute atomic E-state index is 0.136. The second-order valence-corrected chi connectivity index (χ2v) is 6.47. The fraction of sp³-hybridized carbons (Fsp3) is 0.167. The number of para-hydroxylation sites is 1. The molecule has 0 aliphatic heterocycles. The zero-order chi connectivity index (χ0) is 17.8. The Balaban J connectivity index is 1.71. The zero-order valence-corrected chi connectivity index (χ0v) is 14.3. The average molecular weight is 356 g/mol. The third-order valence-corrected chi connectivity index (χ3v) is 4.52. The number of esters is 1. The van der Waals surface area contributed by atoms with Crippen LogP contribution in [0.5, 0.6) is 0 Å². The molecule has 0 saturated heterocycles. The van der Waals surface area contributed by atoms with E-state index in [1.165, 1.54) is 24.3 Å². The summed E-state index contributed by atoms with van der Waals surface area (Å²) in [5, 5.41) is 5.20. The lowest BCUT2D eigenvalue weighted by Crippen LogP contribution is -2.35. The van der Waals surface area contributed by atoms with Crippen LogP contribution in [-0.4, -0.2) is 23.0 Å². The SMILES string of the molecule is C[C@@H](OC(=O)c1cc(=O)[nH]c2ccccc12)C(=O)NCc1cccs1. The molecule has 128 valence electrons. The highest BCUT2D eigenvalue weighted by Crippen LogP contribution is 2.16. The summed E-state index contributed by atoms with van der Waals surface area (Å²) >= 11 is 1.53. The standard InChI is InChI=1S/C18H16N2O4S/c1-11(17(22)19-10-12-5-4-8-25-12)24-18(23)14-9-16(21)20-15-7-3-2-6-13(14)15/h2-9,11H,10H2,1H3,(H,19,22)(H,20,21)/t11-/m1/s1. The maximum absolute atomic E-state index is 12.4. The maximum Gasteiger partial charge on any atom is 0.339 e. The van der Waals surface area contributed by atoms with Gasteiger partial charge in [0, 0.05) is 21.8 Å². The van der Waals surface area contributed by atoms with Crippen molar-refractivity contribution in [2.24, 2.45) is 0 Å². The second-order valence-electron chi connectivity index (χ2n) is 5.44. The summed E-state index contributed by atoms with van der Waals surface area (Å²) in [4.78, 5) is 39.9. The van der Waals surface area contributed by atoms with Gasteiger partial charge in [-0.25, -0.2) is 4.79 Å². The summed E-state index contributed by atoms with van der Waals surface area (Å²) in [5.41, 5.74) is 0.273. The van der Waals surface area contributed by atoms with Crippen molar-refractivity contribution in [3.63, 3.8) is 0 Å². The smallest absolute Gasteiger partial charge is 0.339 e. The van der Waals surface area contributed by atoms with Crippen LogP contribution in [0.1, 0.15) is 22.2 Å². The highest BCUT2D eigenvalue weighted by atomic mass is 32.1. The number of amides is 1. The molecule has 0 unspecified atom stereocenters. The molecule has 0 bridgehead atoms. The Morgan fingerprint density at radius 2 is 2.04 bits per heavy atom. The Morgan fingerprint density at radius 3 is 2.80 bits per heavy atom. The van der Waals surface area contributed by atoms with E-state index in [0.29, 0.717) is 17.4 Å². The van der Waals surface area contributed by atoms with Gasteiger partial charge in [0.05, 0.1) is 12.1 Å². The van der Waals surface area contributed by atoms with Gasteiger partial charge >= 0.3 is 5.97 Å². The molecule has 25 heavy (non-hydrogen) atoms. The van der Waals surface area contributed by atoms with Crippen LogP contribution in [0.2, 0.25) is 0 Å². The molecule has 2 heterocycles. The Hall–Kier alpha value is -2.93. The molecule has 2 aromatic heterocycles. The van der Waals surface area contributed by atoms with Crippen LogP contribution in [-0.2, 0) is 16.1 Å². The first kappa shape index (κ1) is 16.9. The lowest BCUT2D eigenvalue weighted by Gasteiger charge is -2.14. The van der Waals surface area contributed by atoms with Crippen LogP contribution < -0.4 is 10.9 Å². The summed E-state index contributed by atoms with van der Waals surface area (Å²) in [6.45, 7) is 1.88. The number of aromatic nitrogens is 1. The van der Waals surface area contributed by atoms with Crippen molar-refractivity contribution >= 4 is 34.1 Å². The van der Waals surface area contributed by atoms with E-state index in [0.717, 1.165) is 4.88 Å². The Kier molecular flexibility index (Phi) is 4.95. The molecule has 3 aromatic rings. The highest BCUT2D eigenvalue weighted by Gasteiger charge is 2.20. The lowest BCUT2D eigenvalue weighted by molar-refractivity contribution is -0.129. The largest absolute Gasteiger partial charge is 0.449 e. The fourth-order valence-corrected chi connectivity index (χ4v) is 3.03. The molecule has 3 rings (SSSR count). The molecule has 0 aliphatic rings. The van der Waals surface area contributed by atoms with E-state index in [4.69, 9.17) is 4.74 Å². The number of hydrogen-bond donors (Lipinski definition) is 2. The minimum atomic E-state index is -0.967. The van der Waals surface area contributed by atoms with Gasteiger partial charge in [-0.2, -0.15) is 0 Å². The van der Waals surface area contributed by atoms with Crippen molar-refractivity contribution in [3.05, 3.63) is 68.6 Å². The molecule has 0 aliphatic carbocycles. The van der Waals surface area contributed by atoms with Crippen LogP contribution in [0.3, 0.4) is 0 Å². The normalized spacial score (nSPS) is 11.9. The topological polar surface area (TPSA) is 88.3 Å². The monoisotopic (exact) mass is 356 g/mol. The number of aromatic amines is 1. The predicted molar refractivity (Wildman–Crippen MR) is 95.6 cm³/mol. The van der Waals surface area contributed by atoms with Crippen molar-refractivity contribution < 1.29 is 14.3 Å².